The molecule has 0 fully saturated rings. The van der Waals surface area contributed by atoms with E-state index in [-0.39, 0.29) is 18.8 Å². The van der Waals surface area contributed by atoms with Crippen LogP contribution in [-0.2, 0) is 22.7 Å². The van der Waals surface area contributed by atoms with Crippen molar-refractivity contribution >= 4 is 11.9 Å². The van der Waals surface area contributed by atoms with E-state index in [1.165, 1.54) is 4.57 Å². The van der Waals surface area contributed by atoms with Crippen molar-refractivity contribution in [2.24, 2.45) is 0 Å². The smallest absolute Gasteiger partial charge is 0.355 e. The van der Waals surface area contributed by atoms with Crippen LogP contribution in [0.3, 0.4) is 0 Å². The summed E-state index contributed by atoms with van der Waals surface area (Å²) in [4.78, 5) is 23.7. The highest BCUT2D eigenvalue weighted by atomic mass is 16.5. The lowest BCUT2D eigenvalue weighted by Crippen LogP contribution is -2.18. The van der Waals surface area contributed by atoms with Gasteiger partial charge in [-0.3, -0.25) is 4.79 Å². The number of hydrogen-bond acceptors (Lipinski definition) is 4. The van der Waals surface area contributed by atoms with Gasteiger partial charge in [0.1, 0.15) is 24.6 Å². The molecule has 128 valence electrons. The second-order valence-corrected chi connectivity index (χ2v) is 5.36. The standard InChI is InChI=1S/C18H21NO5/c1-4-23-17-12(2)16(19(13(17)3)10-15(20)21)18(22)24-11-14-8-6-5-7-9-14/h5-9H,4,10-11H2,1-3H3,(H,20,21). The Morgan fingerprint density at radius 2 is 1.83 bits per heavy atom. The fourth-order valence-corrected chi connectivity index (χ4v) is 2.62. The summed E-state index contributed by atoms with van der Waals surface area (Å²) in [6.07, 6.45) is 0. The van der Waals surface area contributed by atoms with Crippen molar-refractivity contribution < 1.29 is 24.2 Å². The van der Waals surface area contributed by atoms with Gasteiger partial charge in [-0.2, -0.15) is 0 Å². The molecule has 0 spiro atoms. The summed E-state index contributed by atoms with van der Waals surface area (Å²) in [7, 11) is 0. The summed E-state index contributed by atoms with van der Waals surface area (Å²) in [6.45, 7) is 5.53. The maximum Gasteiger partial charge on any atom is 0.355 e. The third-order valence-corrected chi connectivity index (χ3v) is 3.69. The first kappa shape index (κ1) is 17.6. The van der Waals surface area contributed by atoms with Gasteiger partial charge in [0.2, 0.25) is 0 Å². The van der Waals surface area contributed by atoms with E-state index < -0.39 is 11.9 Å². The van der Waals surface area contributed by atoms with E-state index in [0.29, 0.717) is 23.6 Å². The van der Waals surface area contributed by atoms with Gasteiger partial charge in [0, 0.05) is 5.56 Å². The molecule has 0 aliphatic carbocycles. The van der Waals surface area contributed by atoms with E-state index in [1.54, 1.807) is 13.8 Å². The molecule has 0 atom stereocenters. The summed E-state index contributed by atoms with van der Waals surface area (Å²) in [5.74, 6) is -1.06. The highest BCUT2D eigenvalue weighted by Crippen LogP contribution is 2.30. The third kappa shape index (κ3) is 3.76. The van der Waals surface area contributed by atoms with Crippen LogP contribution in [0, 0.1) is 13.8 Å². The molecule has 6 nitrogen and oxygen atoms in total. The van der Waals surface area contributed by atoms with Gasteiger partial charge in [-0.1, -0.05) is 30.3 Å². The lowest BCUT2D eigenvalue weighted by molar-refractivity contribution is -0.137. The van der Waals surface area contributed by atoms with Gasteiger partial charge >= 0.3 is 11.9 Å². The fourth-order valence-electron chi connectivity index (χ4n) is 2.62. The van der Waals surface area contributed by atoms with Gasteiger partial charge in [0.25, 0.3) is 0 Å². The van der Waals surface area contributed by atoms with Gasteiger partial charge in [-0.25, -0.2) is 4.79 Å². The van der Waals surface area contributed by atoms with Crippen molar-refractivity contribution in [1.82, 2.24) is 4.57 Å². The Kier molecular flexibility index (Phi) is 5.63. The fraction of sp³-hybridized carbons (Fsp3) is 0.333. The van der Waals surface area contributed by atoms with Crippen molar-refractivity contribution in [3.05, 3.63) is 52.8 Å². The van der Waals surface area contributed by atoms with E-state index in [9.17, 15) is 9.59 Å². The van der Waals surface area contributed by atoms with Crippen LogP contribution in [0.15, 0.2) is 30.3 Å². The number of aliphatic carboxylic acids is 1. The van der Waals surface area contributed by atoms with Gasteiger partial charge < -0.3 is 19.1 Å². The van der Waals surface area contributed by atoms with Crippen LogP contribution < -0.4 is 4.74 Å². The topological polar surface area (TPSA) is 77.8 Å². The molecule has 0 saturated heterocycles. The Balaban J connectivity index is 2.30. The molecule has 24 heavy (non-hydrogen) atoms. The quantitative estimate of drug-likeness (QED) is 0.789. The van der Waals surface area contributed by atoms with Crippen molar-refractivity contribution in [3.8, 4) is 5.75 Å². The molecule has 0 bridgehead atoms. The average Bonchev–Trinajstić information content (AvgIpc) is 2.78. The van der Waals surface area contributed by atoms with Crippen LogP contribution in [0.2, 0.25) is 0 Å². The number of esters is 1. The van der Waals surface area contributed by atoms with E-state index in [1.807, 2.05) is 37.3 Å². The zero-order chi connectivity index (χ0) is 17.7. The molecule has 1 heterocycles. The molecule has 1 aromatic heterocycles. The lowest BCUT2D eigenvalue weighted by atomic mass is 10.2. The molecule has 2 aromatic rings. The van der Waals surface area contributed by atoms with Crippen LogP contribution in [-0.4, -0.2) is 28.2 Å². The predicted octanol–water partition coefficient (Wildman–Crippen LogP) is 2.95. The minimum Gasteiger partial charge on any atom is -0.492 e. The molecule has 0 saturated carbocycles. The van der Waals surface area contributed by atoms with Crippen LogP contribution in [0.4, 0.5) is 0 Å². The number of carboxylic acids is 1. The number of hydrogen-bond donors (Lipinski definition) is 1. The van der Waals surface area contributed by atoms with Crippen molar-refractivity contribution in [3.63, 3.8) is 0 Å². The van der Waals surface area contributed by atoms with Gasteiger partial charge in [0.15, 0.2) is 0 Å². The van der Waals surface area contributed by atoms with E-state index in [0.717, 1.165) is 5.56 Å². The first-order chi connectivity index (χ1) is 11.5. The average molecular weight is 331 g/mol. The number of ether oxygens (including phenoxy) is 2. The van der Waals surface area contributed by atoms with Crippen molar-refractivity contribution in [2.75, 3.05) is 6.61 Å². The minimum absolute atomic E-state index is 0.125. The summed E-state index contributed by atoms with van der Waals surface area (Å²) in [5.41, 5.74) is 2.27. The zero-order valence-electron chi connectivity index (χ0n) is 14.0. The SMILES string of the molecule is CCOc1c(C)c(C(=O)OCc2ccccc2)n(CC(=O)O)c1C. The first-order valence-electron chi connectivity index (χ1n) is 7.71. The van der Waals surface area contributed by atoms with Gasteiger partial charge in [-0.15, -0.1) is 0 Å². The van der Waals surface area contributed by atoms with Crippen LogP contribution >= 0.6 is 0 Å². The summed E-state index contributed by atoms with van der Waals surface area (Å²) in [5, 5.41) is 9.12. The molecule has 0 radical (unpaired) electrons. The molecule has 6 heteroatoms. The highest BCUT2D eigenvalue weighted by molar-refractivity contribution is 5.91. The number of carbonyl (C=O) groups excluding carboxylic acids is 1. The van der Waals surface area contributed by atoms with E-state index >= 15 is 0 Å². The Hall–Kier alpha value is -2.76. The Labute approximate surface area is 140 Å². The predicted molar refractivity (Wildman–Crippen MR) is 88.3 cm³/mol. The number of benzene rings is 1. The third-order valence-electron chi connectivity index (χ3n) is 3.69. The van der Waals surface area contributed by atoms with Gasteiger partial charge in [-0.05, 0) is 26.3 Å². The van der Waals surface area contributed by atoms with Crippen LogP contribution in [0.25, 0.3) is 0 Å². The summed E-state index contributed by atoms with van der Waals surface area (Å²) < 4.78 is 12.3. The normalized spacial score (nSPS) is 10.5. The molecule has 1 aromatic carbocycles. The van der Waals surface area contributed by atoms with Crippen LogP contribution in [0.5, 0.6) is 5.75 Å². The number of nitrogens with zero attached hydrogens (tertiary/aromatic N) is 1. The Bertz CT molecular complexity index is 734. The second-order valence-electron chi connectivity index (χ2n) is 5.36. The largest absolute Gasteiger partial charge is 0.492 e. The number of rotatable bonds is 7. The summed E-state index contributed by atoms with van der Waals surface area (Å²) >= 11 is 0. The van der Waals surface area contributed by atoms with Crippen molar-refractivity contribution in [1.29, 1.82) is 0 Å². The summed E-state index contributed by atoms with van der Waals surface area (Å²) in [6, 6.07) is 9.31. The maximum absolute atomic E-state index is 12.5. The zero-order valence-corrected chi connectivity index (χ0v) is 14.0. The number of carbonyl (C=O) groups is 2. The van der Waals surface area contributed by atoms with Crippen molar-refractivity contribution in [2.45, 2.75) is 33.9 Å². The molecule has 0 amide bonds. The molecule has 2 rings (SSSR count). The molecular formula is C18H21NO5. The maximum atomic E-state index is 12.5. The van der Waals surface area contributed by atoms with E-state index in [2.05, 4.69) is 0 Å². The molecule has 0 unspecified atom stereocenters. The minimum atomic E-state index is -1.03. The number of carboxylic acid groups (broad SMARTS) is 1. The lowest BCUT2D eigenvalue weighted by Gasteiger charge is -2.09. The first-order valence-corrected chi connectivity index (χ1v) is 7.71. The number of aromatic nitrogens is 1. The monoisotopic (exact) mass is 331 g/mol. The second kappa shape index (κ2) is 7.68. The molecular weight excluding hydrogens is 310 g/mol. The molecule has 0 aliphatic heterocycles. The van der Waals surface area contributed by atoms with Crippen LogP contribution in [0.1, 0.15) is 34.2 Å². The highest BCUT2D eigenvalue weighted by Gasteiger charge is 2.26. The Morgan fingerprint density at radius 1 is 1.17 bits per heavy atom. The molecule has 0 aliphatic rings. The Morgan fingerprint density at radius 3 is 2.42 bits per heavy atom. The molecule has 1 N–H and O–H groups in total. The van der Waals surface area contributed by atoms with Gasteiger partial charge in [0.05, 0.1) is 12.3 Å². The van der Waals surface area contributed by atoms with E-state index in [4.69, 9.17) is 14.6 Å².